The number of aromatic nitrogens is 2. The molecule has 0 aliphatic heterocycles. The summed E-state index contributed by atoms with van der Waals surface area (Å²) in [6, 6.07) is 6.32. The van der Waals surface area contributed by atoms with Crippen LogP contribution >= 0.6 is 0 Å². The molecule has 0 spiro atoms. The lowest BCUT2D eigenvalue weighted by Gasteiger charge is -2.05. The van der Waals surface area contributed by atoms with E-state index in [2.05, 4.69) is 10.4 Å². The second-order valence-corrected chi connectivity index (χ2v) is 3.97. The van der Waals surface area contributed by atoms with E-state index in [1.807, 2.05) is 0 Å². The zero-order valence-corrected chi connectivity index (χ0v) is 10.5. The molecule has 0 fully saturated rings. The van der Waals surface area contributed by atoms with Crippen molar-refractivity contribution < 1.29 is 9.72 Å². The second kappa shape index (κ2) is 4.89. The van der Waals surface area contributed by atoms with Crippen molar-refractivity contribution in [2.45, 2.75) is 13.8 Å². The fraction of sp³-hybridized carbons (Fsp3) is 0.167. The molecule has 1 aromatic heterocycles. The van der Waals surface area contributed by atoms with E-state index >= 15 is 0 Å². The number of benzene rings is 1. The van der Waals surface area contributed by atoms with Crippen LogP contribution < -0.4 is 5.32 Å². The molecule has 0 saturated carbocycles. The number of amides is 1. The van der Waals surface area contributed by atoms with Crippen LogP contribution in [0.3, 0.4) is 0 Å². The first kappa shape index (κ1) is 12.7. The Balaban J connectivity index is 2.63. The molecule has 1 N–H and O–H groups in total. The topological polar surface area (TPSA) is 90.1 Å². The van der Waals surface area contributed by atoms with Crippen molar-refractivity contribution in [1.29, 1.82) is 0 Å². The highest BCUT2D eigenvalue weighted by Gasteiger charge is 2.19. The third-order valence-electron chi connectivity index (χ3n) is 2.80. The molecule has 0 aliphatic carbocycles. The molecule has 0 atom stereocenters. The Morgan fingerprint density at radius 3 is 2.68 bits per heavy atom. The quantitative estimate of drug-likeness (QED) is 0.517. The van der Waals surface area contributed by atoms with E-state index in [1.165, 1.54) is 10.7 Å². The van der Waals surface area contributed by atoms with Gasteiger partial charge < -0.3 is 5.32 Å². The molecule has 7 nitrogen and oxygen atoms in total. The molecule has 0 aliphatic rings. The standard InChI is InChI=1S/C12H12N4O3/c1-8-12(13-7-17)9(2)15(14-8)10-5-3-4-6-11(10)16(18)19/h3-7H,1-2H3,(H,13,17). The zero-order chi connectivity index (χ0) is 14.0. The van der Waals surface area contributed by atoms with E-state index < -0.39 is 4.92 Å². The highest BCUT2D eigenvalue weighted by molar-refractivity contribution is 5.74. The Morgan fingerprint density at radius 2 is 2.05 bits per heavy atom. The van der Waals surface area contributed by atoms with Crippen molar-refractivity contribution in [2.75, 3.05) is 5.32 Å². The van der Waals surface area contributed by atoms with Crippen molar-refractivity contribution in [3.63, 3.8) is 0 Å². The Hall–Kier alpha value is -2.70. The number of carbonyl (C=O) groups is 1. The van der Waals surface area contributed by atoms with Gasteiger partial charge in [-0.3, -0.25) is 14.9 Å². The number of carbonyl (C=O) groups excluding carboxylic acids is 1. The number of hydrogen-bond acceptors (Lipinski definition) is 4. The summed E-state index contributed by atoms with van der Waals surface area (Å²) < 4.78 is 1.46. The lowest BCUT2D eigenvalue weighted by atomic mass is 10.2. The average molecular weight is 260 g/mol. The van der Waals surface area contributed by atoms with Crippen LogP contribution in [0.25, 0.3) is 5.69 Å². The van der Waals surface area contributed by atoms with Gasteiger partial charge in [-0.2, -0.15) is 5.10 Å². The second-order valence-electron chi connectivity index (χ2n) is 3.97. The van der Waals surface area contributed by atoms with Crippen molar-refractivity contribution in [2.24, 2.45) is 0 Å². The Kier molecular flexibility index (Phi) is 3.28. The molecule has 98 valence electrons. The lowest BCUT2D eigenvalue weighted by molar-refractivity contribution is -0.384. The maximum Gasteiger partial charge on any atom is 0.294 e. The summed E-state index contributed by atoms with van der Waals surface area (Å²) in [4.78, 5) is 21.1. The van der Waals surface area contributed by atoms with E-state index in [1.54, 1.807) is 32.0 Å². The first-order valence-corrected chi connectivity index (χ1v) is 5.56. The maximum absolute atomic E-state index is 11.0. The van der Waals surface area contributed by atoms with Crippen LogP contribution in [0.2, 0.25) is 0 Å². The van der Waals surface area contributed by atoms with Crippen LogP contribution in [-0.4, -0.2) is 21.1 Å². The van der Waals surface area contributed by atoms with Gasteiger partial charge in [-0.15, -0.1) is 0 Å². The van der Waals surface area contributed by atoms with Gasteiger partial charge in [0.2, 0.25) is 6.41 Å². The molecule has 7 heteroatoms. The molecule has 1 heterocycles. The SMILES string of the molecule is Cc1nn(-c2ccccc2[N+](=O)[O-])c(C)c1NC=O. The molecule has 0 bridgehead atoms. The lowest BCUT2D eigenvalue weighted by Crippen LogP contribution is -2.04. The largest absolute Gasteiger partial charge is 0.326 e. The number of nitrogens with one attached hydrogen (secondary N) is 1. The van der Waals surface area contributed by atoms with E-state index in [0.717, 1.165) is 0 Å². The number of nitro benzene ring substituents is 1. The number of nitrogens with zero attached hydrogens (tertiary/aromatic N) is 3. The molecule has 19 heavy (non-hydrogen) atoms. The third-order valence-corrected chi connectivity index (χ3v) is 2.80. The Bertz CT molecular complexity index is 648. The van der Waals surface area contributed by atoms with Gasteiger partial charge in [0.05, 0.1) is 22.0 Å². The predicted octanol–water partition coefficient (Wildman–Crippen LogP) is 1.97. The molecule has 1 aromatic carbocycles. The molecular formula is C12H12N4O3. The normalized spacial score (nSPS) is 10.2. The van der Waals surface area contributed by atoms with Crippen molar-refractivity contribution >= 4 is 17.8 Å². The fourth-order valence-electron chi connectivity index (χ4n) is 1.94. The third kappa shape index (κ3) is 2.17. The maximum atomic E-state index is 11.0. The van der Waals surface area contributed by atoms with Crippen molar-refractivity contribution in [3.05, 3.63) is 45.8 Å². The summed E-state index contributed by atoms with van der Waals surface area (Å²) in [7, 11) is 0. The number of hydrogen-bond donors (Lipinski definition) is 1. The average Bonchev–Trinajstić information content (AvgIpc) is 2.67. The van der Waals surface area contributed by atoms with Crippen LogP contribution in [0, 0.1) is 24.0 Å². The molecular weight excluding hydrogens is 248 g/mol. The first-order chi connectivity index (χ1) is 9.06. The monoisotopic (exact) mass is 260 g/mol. The summed E-state index contributed by atoms with van der Waals surface area (Å²) in [5, 5.41) is 17.8. The summed E-state index contributed by atoms with van der Waals surface area (Å²) in [5.74, 6) is 0. The van der Waals surface area contributed by atoms with Crippen LogP contribution in [0.15, 0.2) is 24.3 Å². The molecule has 0 unspecified atom stereocenters. The van der Waals surface area contributed by atoms with Crippen LogP contribution in [0.5, 0.6) is 0 Å². The van der Waals surface area contributed by atoms with E-state index in [-0.39, 0.29) is 5.69 Å². The van der Waals surface area contributed by atoms with E-state index in [4.69, 9.17) is 0 Å². The summed E-state index contributed by atoms with van der Waals surface area (Å²) in [5.41, 5.74) is 2.13. The summed E-state index contributed by atoms with van der Waals surface area (Å²) >= 11 is 0. The smallest absolute Gasteiger partial charge is 0.294 e. The predicted molar refractivity (Wildman–Crippen MR) is 69.4 cm³/mol. The van der Waals surface area contributed by atoms with Crippen molar-refractivity contribution in [1.82, 2.24) is 9.78 Å². The number of nitro groups is 1. The van der Waals surface area contributed by atoms with Crippen molar-refractivity contribution in [3.8, 4) is 5.69 Å². The number of aryl methyl sites for hydroxylation is 1. The zero-order valence-electron chi connectivity index (χ0n) is 10.5. The van der Waals surface area contributed by atoms with Gasteiger partial charge in [-0.1, -0.05) is 12.1 Å². The first-order valence-electron chi connectivity index (χ1n) is 5.56. The van der Waals surface area contributed by atoms with Gasteiger partial charge in [0.1, 0.15) is 5.69 Å². The minimum Gasteiger partial charge on any atom is -0.326 e. The fourth-order valence-corrected chi connectivity index (χ4v) is 1.94. The van der Waals surface area contributed by atoms with Gasteiger partial charge in [-0.25, -0.2) is 4.68 Å². The highest BCUT2D eigenvalue weighted by Crippen LogP contribution is 2.27. The molecule has 1 amide bonds. The van der Waals surface area contributed by atoms with Gasteiger partial charge >= 0.3 is 0 Å². The van der Waals surface area contributed by atoms with E-state index in [9.17, 15) is 14.9 Å². The van der Waals surface area contributed by atoms with Gasteiger partial charge in [0.15, 0.2) is 0 Å². The summed E-state index contributed by atoms with van der Waals surface area (Å²) in [6.07, 6.45) is 0.556. The summed E-state index contributed by atoms with van der Waals surface area (Å²) in [6.45, 7) is 3.46. The van der Waals surface area contributed by atoms with Gasteiger partial charge in [-0.05, 0) is 19.9 Å². The molecule has 0 radical (unpaired) electrons. The minimum absolute atomic E-state index is 0.0363. The van der Waals surface area contributed by atoms with Crippen LogP contribution in [-0.2, 0) is 4.79 Å². The number of para-hydroxylation sites is 2. The number of rotatable bonds is 4. The molecule has 0 saturated heterocycles. The highest BCUT2D eigenvalue weighted by atomic mass is 16.6. The van der Waals surface area contributed by atoms with E-state index in [0.29, 0.717) is 29.2 Å². The Labute approximate surface area is 109 Å². The van der Waals surface area contributed by atoms with Crippen LogP contribution in [0.4, 0.5) is 11.4 Å². The molecule has 2 rings (SSSR count). The van der Waals surface area contributed by atoms with Crippen LogP contribution in [0.1, 0.15) is 11.4 Å². The molecule has 2 aromatic rings. The van der Waals surface area contributed by atoms with Gasteiger partial charge in [0.25, 0.3) is 5.69 Å². The number of anilines is 1. The van der Waals surface area contributed by atoms with Gasteiger partial charge in [0, 0.05) is 6.07 Å². The minimum atomic E-state index is -0.460. The Morgan fingerprint density at radius 1 is 1.37 bits per heavy atom.